The molecule has 2 aromatic rings. The Kier molecular flexibility index (Phi) is 3.89. The van der Waals surface area contributed by atoms with Crippen molar-refractivity contribution in [1.82, 2.24) is 4.98 Å². The lowest BCUT2D eigenvalue weighted by molar-refractivity contribution is -0.137. The van der Waals surface area contributed by atoms with Crippen LogP contribution in [0.25, 0.3) is 0 Å². The standard InChI is InChI=1S/C13H10F3N3S/c14-13(15,16)8-2-1-3-9(6-8)19-11-7-18-5-4-10(11)12(17)20/h1-7,19H,(H2,17,20). The molecular formula is C13H10F3N3S. The number of pyridine rings is 1. The molecule has 0 saturated carbocycles. The maximum atomic E-state index is 12.6. The van der Waals surface area contributed by atoms with Gasteiger partial charge in [0.2, 0.25) is 0 Å². The normalized spacial score (nSPS) is 11.2. The first kappa shape index (κ1) is 14.3. The lowest BCUT2D eigenvalue weighted by Crippen LogP contribution is -2.12. The number of hydrogen-bond acceptors (Lipinski definition) is 3. The zero-order valence-electron chi connectivity index (χ0n) is 10.1. The molecule has 20 heavy (non-hydrogen) atoms. The third-order valence-electron chi connectivity index (χ3n) is 2.56. The molecule has 0 atom stereocenters. The molecule has 2 rings (SSSR count). The Morgan fingerprint density at radius 3 is 2.65 bits per heavy atom. The van der Waals surface area contributed by atoms with Crippen LogP contribution in [0.5, 0.6) is 0 Å². The summed E-state index contributed by atoms with van der Waals surface area (Å²) in [4.78, 5) is 4.04. The van der Waals surface area contributed by atoms with E-state index >= 15 is 0 Å². The third-order valence-corrected chi connectivity index (χ3v) is 2.78. The average molecular weight is 297 g/mol. The number of nitrogens with two attached hydrogens (primary N) is 1. The van der Waals surface area contributed by atoms with Crippen molar-refractivity contribution < 1.29 is 13.2 Å². The van der Waals surface area contributed by atoms with Crippen molar-refractivity contribution in [2.75, 3.05) is 5.32 Å². The second-order valence-corrected chi connectivity index (χ2v) is 4.43. The van der Waals surface area contributed by atoms with Crippen molar-refractivity contribution in [3.05, 3.63) is 53.9 Å². The predicted molar refractivity (Wildman–Crippen MR) is 74.9 cm³/mol. The van der Waals surface area contributed by atoms with Crippen LogP contribution in [0, 0.1) is 0 Å². The number of aromatic nitrogens is 1. The number of alkyl halides is 3. The zero-order valence-corrected chi connectivity index (χ0v) is 10.9. The quantitative estimate of drug-likeness (QED) is 0.852. The van der Waals surface area contributed by atoms with Crippen LogP contribution in [-0.4, -0.2) is 9.97 Å². The van der Waals surface area contributed by atoms with Gasteiger partial charge in [0.1, 0.15) is 4.99 Å². The van der Waals surface area contributed by atoms with Crippen LogP contribution in [0.3, 0.4) is 0 Å². The van der Waals surface area contributed by atoms with Gasteiger partial charge in [-0.05, 0) is 24.3 Å². The Bertz CT molecular complexity index is 641. The molecule has 0 aliphatic carbocycles. The Morgan fingerprint density at radius 1 is 1.25 bits per heavy atom. The molecule has 0 amide bonds. The van der Waals surface area contributed by atoms with E-state index in [2.05, 4.69) is 10.3 Å². The maximum absolute atomic E-state index is 12.6. The summed E-state index contributed by atoms with van der Waals surface area (Å²) in [6, 6.07) is 6.45. The highest BCUT2D eigenvalue weighted by Gasteiger charge is 2.30. The van der Waals surface area contributed by atoms with Gasteiger partial charge in [-0.2, -0.15) is 13.2 Å². The molecule has 104 valence electrons. The van der Waals surface area contributed by atoms with Gasteiger partial charge in [0.15, 0.2) is 0 Å². The molecule has 3 N–H and O–H groups in total. The van der Waals surface area contributed by atoms with E-state index in [1.54, 1.807) is 6.07 Å². The van der Waals surface area contributed by atoms with Crippen LogP contribution >= 0.6 is 12.2 Å². The largest absolute Gasteiger partial charge is 0.416 e. The van der Waals surface area contributed by atoms with E-state index in [0.29, 0.717) is 11.3 Å². The van der Waals surface area contributed by atoms with Gasteiger partial charge in [-0.1, -0.05) is 18.3 Å². The molecule has 0 aliphatic rings. The molecule has 0 saturated heterocycles. The Labute approximate surface area is 118 Å². The smallest absolute Gasteiger partial charge is 0.389 e. The first-order chi connectivity index (χ1) is 9.38. The van der Waals surface area contributed by atoms with Gasteiger partial charge in [-0.15, -0.1) is 0 Å². The van der Waals surface area contributed by atoms with E-state index in [0.717, 1.165) is 12.1 Å². The predicted octanol–water partition coefficient (Wildman–Crippen LogP) is 3.48. The first-order valence-electron chi connectivity index (χ1n) is 5.56. The molecule has 1 aromatic carbocycles. The molecule has 0 aliphatic heterocycles. The first-order valence-corrected chi connectivity index (χ1v) is 5.97. The minimum atomic E-state index is -4.39. The van der Waals surface area contributed by atoms with Gasteiger partial charge in [0.05, 0.1) is 17.4 Å². The fourth-order valence-electron chi connectivity index (χ4n) is 1.64. The Morgan fingerprint density at radius 2 is 2.00 bits per heavy atom. The summed E-state index contributed by atoms with van der Waals surface area (Å²) in [7, 11) is 0. The summed E-state index contributed by atoms with van der Waals surface area (Å²) in [6.07, 6.45) is -1.43. The summed E-state index contributed by atoms with van der Waals surface area (Å²) >= 11 is 4.88. The molecular weight excluding hydrogens is 287 g/mol. The fourth-order valence-corrected chi connectivity index (χ4v) is 1.82. The number of hydrogen-bond donors (Lipinski definition) is 2. The number of anilines is 2. The second-order valence-electron chi connectivity index (χ2n) is 3.99. The number of halogens is 3. The topological polar surface area (TPSA) is 50.9 Å². The van der Waals surface area contributed by atoms with Gasteiger partial charge >= 0.3 is 6.18 Å². The van der Waals surface area contributed by atoms with Gasteiger partial charge in [-0.3, -0.25) is 4.98 Å². The Balaban J connectivity index is 2.34. The lowest BCUT2D eigenvalue weighted by atomic mass is 10.1. The average Bonchev–Trinajstić information content (AvgIpc) is 2.38. The molecule has 0 radical (unpaired) electrons. The summed E-state index contributed by atoms with van der Waals surface area (Å²) < 4.78 is 37.9. The molecule has 3 nitrogen and oxygen atoms in total. The van der Waals surface area contributed by atoms with Crippen molar-refractivity contribution in [3.8, 4) is 0 Å². The van der Waals surface area contributed by atoms with E-state index in [1.807, 2.05) is 0 Å². The molecule has 1 aromatic heterocycles. The lowest BCUT2D eigenvalue weighted by Gasteiger charge is -2.12. The Hall–Kier alpha value is -2.15. The monoisotopic (exact) mass is 297 g/mol. The number of thiocarbonyl (C=S) groups is 1. The van der Waals surface area contributed by atoms with Crippen molar-refractivity contribution in [1.29, 1.82) is 0 Å². The molecule has 0 fully saturated rings. The van der Waals surface area contributed by atoms with Crippen molar-refractivity contribution in [3.63, 3.8) is 0 Å². The molecule has 1 heterocycles. The van der Waals surface area contributed by atoms with Gasteiger partial charge in [-0.25, -0.2) is 0 Å². The molecule has 0 bridgehead atoms. The minimum Gasteiger partial charge on any atom is -0.389 e. The van der Waals surface area contributed by atoms with Gasteiger partial charge < -0.3 is 11.1 Å². The number of nitrogens with zero attached hydrogens (tertiary/aromatic N) is 1. The summed E-state index contributed by atoms with van der Waals surface area (Å²) in [6.45, 7) is 0. The van der Waals surface area contributed by atoms with Crippen LogP contribution in [0.15, 0.2) is 42.7 Å². The third kappa shape index (κ3) is 3.24. The van der Waals surface area contributed by atoms with Gasteiger partial charge in [0, 0.05) is 17.4 Å². The van der Waals surface area contributed by atoms with Crippen LogP contribution in [0.2, 0.25) is 0 Å². The zero-order chi connectivity index (χ0) is 14.8. The van der Waals surface area contributed by atoms with Crippen LogP contribution < -0.4 is 11.1 Å². The summed E-state index contributed by atoms with van der Waals surface area (Å²) in [5, 5.41) is 2.84. The van der Waals surface area contributed by atoms with Crippen LogP contribution in [0.1, 0.15) is 11.1 Å². The minimum absolute atomic E-state index is 0.141. The SMILES string of the molecule is NC(=S)c1ccncc1Nc1cccc(C(F)(F)F)c1. The molecule has 7 heteroatoms. The van der Waals surface area contributed by atoms with E-state index in [1.165, 1.54) is 24.5 Å². The fraction of sp³-hybridized carbons (Fsp3) is 0.0769. The maximum Gasteiger partial charge on any atom is 0.416 e. The van der Waals surface area contributed by atoms with Crippen LogP contribution in [-0.2, 0) is 6.18 Å². The van der Waals surface area contributed by atoms with E-state index in [-0.39, 0.29) is 10.7 Å². The second kappa shape index (κ2) is 5.46. The number of benzene rings is 1. The van der Waals surface area contributed by atoms with E-state index < -0.39 is 11.7 Å². The summed E-state index contributed by atoms with van der Waals surface area (Å²) in [5.41, 5.74) is 6.08. The highest BCUT2D eigenvalue weighted by molar-refractivity contribution is 7.80. The number of nitrogens with one attached hydrogen (secondary N) is 1. The highest BCUT2D eigenvalue weighted by atomic mass is 32.1. The van der Waals surface area contributed by atoms with Gasteiger partial charge in [0.25, 0.3) is 0 Å². The van der Waals surface area contributed by atoms with E-state index in [4.69, 9.17) is 18.0 Å². The summed E-state index contributed by atoms with van der Waals surface area (Å²) in [5.74, 6) is 0. The van der Waals surface area contributed by atoms with Crippen molar-refractivity contribution >= 4 is 28.6 Å². The van der Waals surface area contributed by atoms with Crippen molar-refractivity contribution in [2.24, 2.45) is 5.73 Å². The highest BCUT2D eigenvalue weighted by Crippen LogP contribution is 2.31. The van der Waals surface area contributed by atoms with Crippen LogP contribution in [0.4, 0.5) is 24.5 Å². The molecule has 0 unspecified atom stereocenters. The molecule has 0 spiro atoms. The number of rotatable bonds is 3. The van der Waals surface area contributed by atoms with Crippen molar-refractivity contribution in [2.45, 2.75) is 6.18 Å². The van der Waals surface area contributed by atoms with E-state index in [9.17, 15) is 13.2 Å².